The minimum Gasteiger partial charge on any atom is -0.462 e. The number of hydrogen-bond acceptors (Lipinski definition) is 4. The lowest BCUT2D eigenvalue weighted by Gasteiger charge is -2.06. The molecular weight excluding hydrogens is 292 g/mol. The minimum absolute atomic E-state index is 0.278. The van der Waals surface area contributed by atoms with E-state index in [1.807, 2.05) is 0 Å². The standard InChI is InChI=1S/C15H13ClN2O3/c1-2-21-15(20)11-7-8-17-13(9-11)18-14(19)10-3-5-12(16)6-4-10/h3-9H,2H2,1H3,(H,17,18,19). The van der Waals surface area contributed by atoms with Crippen molar-refractivity contribution in [3.8, 4) is 0 Å². The number of amides is 1. The molecule has 2 rings (SSSR count). The normalized spacial score (nSPS) is 10.0. The summed E-state index contributed by atoms with van der Waals surface area (Å²) in [5, 5.41) is 3.16. The van der Waals surface area contributed by atoms with E-state index >= 15 is 0 Å². The van der Waals surface area contributed by atoms with Crippen LogP contribution in [0.1, 0.15) is 27.6 Å². The molecule has 0 spiro atoms. The summed E-state index contributed by atoms with van der Waals surface area (Å²) < 4.78 is 4.89. The first-order chi connectivity index (χ1) is 10.1. The summed E-state index contributed by atoms with van der Waals surface area (Å²) in [4.78, 5) is 27.6. The highest BCUT2D eigenvalue weighted by Gasteiger charge is 2.10. The van der Waals surface area contributed by atoms with Gasteiger partial charge in [-0.1, -0.05) is 11.6 Å². The Balaban J connectivity index is 2.12. The molecule has 1 aromatic heterocycles. The predicted molar refractivity (Wildman–Crippen MR) is 79.6 cm³/mol. The van der Waals surface area contributed by atoms with Gasteiger partial charge in [0.25, 0.3) is 5.91 Å². The summed E-state index contributed by atoms with van der Waals surface area (Å²) >= 11 is 5.77. The average molecular weight is 305 g/mol. The third-order valence-corrected chi connectivity index (χ3v) is 2.87. The fourth-order valence-corrected chi connectivity index (χ4v) is 1.76. The number of carbonyl (C=O) groups is 2. The molecule has 0 saturated carbocycles. The molecule has 0 aliphatic rings. The van der Waals surface area contributed by atoms with Crippen LogP contribution >= 0.6 is 11.6 Å². The molecule has 2 aromatic rings. The number of rotatable bonds is 4. The summed E-state index contributed by atoms with van der Waals surface area (Å²) in [7, 11) is 0. The number of anilines is 1. The second-order valence-electron chi connectivity index (χ2n) is 4.11. The Labute approximate surface area is 126 Å². The van der Waals surface area contributed by atoms with Gasteiger partial charge in [0.05, 0.1) is 12.2 Å². The molecule has 1 aromatic carbocycles. The summed E-state index contributed by atoms with van der Waals surface area (Å²) in [5.74, 6) is -0.512. The van der Waals surface area contributed by atoms with Crippen LogP contribution in [-0.4, -0.2) is 23.5 Å². The molecule has 0 saturated heterocycles. The second kappa shape index (κ2) is 6.85. The fraction of sp³-hybridized carbons (Fsp3) is 0.133. The van der Waals surface area contributed by atoms with Crippen molar-refractivity contribution >= 4 is 29.3 Å². The van der Waals surface area contributed by atoms with Crippen LogP contribution in [0.15, 0.2) is 42.6 Å². The predicted octanol–water partition coefficient (Wildman–Crippen LogP) is 3.16. The molecule has 21 heavy (non-hydrogen) atoms. The molecule has 0 bridgehead atoms. The van der Waals surface area contributed by atoms with Gasteiger partial charge in [-0.3, -0.25) is 4.79 Å². The Kier molecular flexibility index (Phi) is 4.90. The maximum atomic E-state index is 12.0. The zero-order valence-electron chi connectivity index (χ0n) is 11.3. The van der Waals surface area contributed by atoms with Crippen molar-refractivity contribution in [1.82, 2.24) is 4.98 Å². The lowest BCUT2D eigenvalue weighted by molar-refractivity contribution is 0.0526. The molecule has 5 nitrogen and oxygen atoms in total. The summed E-state index contributed by atoms with van der Waals surface area (Å²) in [6.07, 6.45) is 1.43. The van der Waals surface area contributed by atoms with Crippen LogP contribution < -0.4 is 5.32 Å². The number of nitrogens with one attached hydrogen (secondary N) is 1. The monoisotopic (exact) mass is 304 g/mol. The lowest BCUT2D eigenvalue weighted by atomic mass is 10.2. The molecule has 0 atom stereocenters. The molecule has 1 amide bonds. The van der Waals surface area contributed by atoms with Gasteiger partial charge in [-0.25, -0.2) is 9.78 Å². The van der Waals surface area contributed by atoms with Gasteiger partial charge in [0.1, 0.15) is 5.82 Å². The molecule has 0 aliphatic heterocycles. The van der Waals surface area contributed by atoms with Crippen molar-refractivity contribution < 1.29 is 14.3 Å². The van der Waals surface area contributed by atoms with Crippen LogP contribution in [0.5, 0.6) is 0 Å². The van der Waals surface area contributed by atoms with E-state index in [-0.39, 0.29) is 18.3 Å². The van der Waals surface area contributed by atoms with Crippen LogP contribution in [0, 0.1) is 0 Å². The van der Waals surface area contributed by atoms with E-state index in [0.29, 0.717) is 16.1 Å². The van der Waals surface area contributed by atoms with Crippen LogP contribution in [-0.2, 0) is 4.74 Å². The first kappa shape index (κ1) is 15.0. The Hall–Kier alpha value is -2.40. The van der Waals surface area contributed by atoms with Gasteiger partial charge in [0.2, 0.25) is 0 Å². The van der Waals surface area contributed by atoms with Crippen molar-refractivity contribution in [1.29, 1.82) is 0 Å². The second-order valence-corrected chi connectivity index (χ2v) is 4.55. The van der Waals surface area contributed by atoms with Crippen LogP contribution in [0.25, 0.3) is 0 Å². The highest BCUT2D eigenvalue weighted by atomic mass is 35.5. The molecule has 0 radical (unpaired) electrons. The lowest BCUT2D eigenvalue weighted by Crippen LogP contribution is -2.13. The first-order valence-corrected chi connectivity index (χ1v) is 6.68. The van der Waals surface area contributed by atoms with E-state index in [9.17, 15) is 9.59 Å². The van der Waals surface area contributed by atoms with E-state index in [1.54, 1.807) is 31.2 Å². The van der Waals surface area contributed by atoms with E-state index in [0.717, 1.165) is 0 Å². The number of hydrogen-bond donors (Lipinski definition) is 1. The Morgan fingerprint density at radius 3 is 2.57 bits per heavy atom. The molecule has 108 valence electrons. The first-order valence-electron chi connectivity index (χ1n) is 6.30. The number of benzene rings is 1. The molecule has 1 heterocycles. The number of nitrogens with zero attached hydrogens (tertiary/aromatic N) is 1. The van der Waals surface area contributed by atoms with Crippen molar-refractivity contribution in [3.63, 3.8) is 0 Å². The summed E-state index contributed by atoms with van der Waals surface area (Å²) in [6, 6.07) is 9.44. The van der Waals surface area contributed by atoms with Crippen LogP contribution in [0.2, 0.25) is 5.02 Å². The van der Waals surface area contributed by atoms with E-state index < -0.39 is 5.97 Å². The quantitative estimate of drug-likeness (QED) is 0.881. The smallest absolute Gasteiger partial charge is 0.338 e. The molecule has 0 fully saturated rings. The van der Waals surface area contributed by atoms with Crippen molar-refractivity contribution in [2.75, 3.05) is 11.9 Å². The highest BCUT2D eigenvalue weighted by molar-refractivity contribution is 6.30. The zero-order chi connectivity index (χ0) is 15.2. The van der Waals surface area contributed by atoms with Gasteiger partial charge >= 0.3 is 5.97 Å². The van der Waals surface area contributed by atoms with Crippen molar-refractivity contribution in [2.24, 2.45) is 0 Å². The van der Waals surface area contributed by atoms with Crippen LogP contribution in [0.3, 0.4) is 0 Å². The maximum Gasteiger partial charge on any atom is 0.338 e. The van der Waals surface area contributed by atoms with Crippen molar-refractivity contribution in [3.05, 3.63) is 58.7 Å². The topological polar surface area (TPSA) is 68.3 Å². The SMILES string of the molecule is CCOC(=O)c1ccnc(NC(=O)c2ccc(Cl)cc2)c1. The Bertz CT molecular complexity index is 656. The third-order valence-electron chi connectivity index (χ3n) is 2.62. The molecule has 6 heteroatoms. The zero-order valence-corrected chi connectivity index (χ0v) is 12.1. The summed E-state index contributed by atoms with van der Waals surface area (Å²) in [6.45, 7) is 2.01. The average Bonchev–Trinajstić information content (AvgIpc) is 2.48. The molecular formula is C15H13ClN2O3. The number of ether oxygens (including phenoxy) is 1. The minimum atomic E-state index is -0.457. The fourth-order valence-electron chi connectivity index (χ4n) is 1.63. The van der Waals surface area contributed by atoms with Gasteiger partial charge in [-0.15, -0.1) is 0 Å². The van der Waals surface area contributed by atoms with E-state index in [4.69, 9.17) is 16.3 Å². The molecule has 1 N–H and O–H groups in total. The number of pyridine rings is 1. The highest BCUT2D eigenvalue weighted by Crippen LogP contribution is 2.13. The Morgan fingerprint density at radius 1 is 1.19 bits per heavy atom. The number of esters is 1. The Morgan fingerprint density at radius 2 is 1.90 bits per heavy atom. The van der Waals surface area contributed by atoms with Gasteiger partial charge in [0, 0.05) is 16.8 Å². The molecule has 0 aliphatic carbocycles. The van der Waals surface area contributed by atoms with Crippen LogP contribution in [0.4, 0.5) is 5.82 Å². The number of halogens is 1. The van der Waals surface area contributed by atoms with E-state index in [1.165, 1.54) is 18.3 Å². The van der Waals surface area contributed by atoms with Gasteiger partial charge in [-0.05, 0) is 43.3 Å². The largest absolute Gasteiger partial charge is 0.462 e. The van der Waals surface area contributed by atoms with E-state index in [2.05, 4.69) is 10.3 Å². The van der Waals surface area contributed by atoms with Gasteiger partial charge < -0.3 is 10.1 Å². The number of aromatic nitrogens is 1. The van der Waals surface area contributed by atoms with Gasteiger partial charge in [-0.2, -0.15) is 0 Å². The third kappa shape index (κ3) is 4.03. The molecule has 0 unspecified atom stereocenters. The maximum absolute atomic E-state index is 12.0. The van der Waals surface area contributed by atoms with Gasteiger partial charge in [0.15, 0.2) is 0 Å². The summed E-state index contributed by atoms with van der Waals surface area (Å²) in [5.41, 5.74) is 0.779. The number of carbonyl (C=O) groups excluding carboxylic acids is 2. The van der Waals surface area contributed by atoms with Crippen molar-refractivity contribution in [2.45, 2.75) is 6.92 Å².